The van der Waals surface area contributed by atoms with Crippen molar-refractivity contribution in [1.29, 1.82) is 0 Å². The molecule has 1 N–H and O–H groups in total. The first-order chi connectivity index (χ1) is 9.99. The van der Waals surface area contributed by atoms with Crippen molar-refractivity contribution in [2.45, 2.75) is 13.5 Å². The highest BCUT2D eigenvalue weighted by Crippen LogP contribution is 2.19. The lowest BCUT2D eigenvalue weighted by Crippen LogP contribution is -2.29. The molecule has 0 saturated heterocycles. The fourth-order valence-electron chi connectivity index (χ4n) is 1.61. The van der Waals surface area contributed by atoms with Crippen LogP contribution in [0.4, 0.5) is 10.6 Å². The number of nitrogens with zero attached hydrogens (tertiary/aromatic N) is 2. The molecule has 0 unspecified atom stereocenters. The molecule has 0 bridgehead atoms. The molecule has 0 aliphatic rings. The number of aryl methyl sites for hydroxylation is 1. The van der Waals surface area contributed by atoms with Gasteiger partial charge in [-0.1, -0.05) is 11.6 Å². The number of likely N-dealkylation sites (N-methyl/N-ethyl adjacent to an activating group) is 1. The Balaban J connectivity index is 2.89. The molecule has 0 aliphatic carbocycles. The Morgan fingerprint density at radius 3 is 2.76 bits per heavy atom. The average molecular weight is 316 g/mol. The lowest BCUT2D eigenvalue weighted by Gasteiger charge is -2.19. The number of rotatable bonds is 6. The summed E-state index contributed by atoms with van der Waals surface area (Å²) in [6, 6.07) is 1.54. The van der Waals surface area contributed by atoms with E-state index in [-0.39, 0.29) is 19.2 Å². The number of hydrogen-bond donors (Lipinski definition) is 1. The number of pyridine rings is 1. The Morgan fingerprint density at radius 1 is 1.43 bits per heavy atom. The van der Waals surface area contributed by atoms with Crippen molar-refractivity contribution in [2.75, 3.05) is 31.6 Å². The van der Waals surface area contributed by atoms with E-state index in [4.69, 9.17) is 21.1 Å². The molecule has 21 heavy (non-hydrogen) atoms. The molecule has 1 rings (SSSR count). The first kappa shape index (κ1) is 17.2. The molecule has 0 saturated carbocycles. The zero-order chi connectivity index (χ0) is 15.8. The summed E-state index contributed by atoms with van der Waals surface area (Å²) in [5, 5.41) is 2.70. The predicted octanol–water partition coefficient (Wildman–Crippen LogP) is 1.42. The number of alkyl halides is 1. The van der Waals surface area contributed by atoms with Crippen LogP contribution in [0, 0.1) is 6.92 Å². The van der Waals surface area contributed by atoms with Crippen LogP contribution >= 0.6 is 11.6 Å². The number of hydrogen-bond acceptors (Lipinski definition) is 6. The number of ether oxygens (including phenoxy) is 2. The quantitative estimate of drug-likeness (QED) is 0.631. The molecular formula is C13H18ClN3O4. The molecule has 0 aliphatic heterocycles. The molecule has 1 amide bonds. The molecule has 116 valence electrons. The second-order valence-corrected chi connectivity index (χ2v) is 4.48. The number of carbonyl (C=O) groups excluding carboxylic acids is 2. The van der Waals surface area contributed by atoms with Gasteiger partial charge in [-0.25, -0.2) is 9.78 Å². The molecule has 7 nitrogen and oxygen atoms in total. The number of anilines is 1. The largest absolute Gasteiger partial charge is 0.460 e. The van der Waals surface area contributed by atoms with E-state index in [0.29, 0.717) is 11.4 Å². The third-order valence-corrected chi connectivity index (χ3v) is 2.67. The molecule has 1 aromatic rings. The van der Waals surface area contributed by atoms with Crippen molar-refractivity contribution in [1.82, 2.24) is 10.3 Å². The number of carbonyl (C=O) groups is 2. The van der Waals surface area contributed by atoms with Gasteiger partial charge in [-0.15, -0.1) is 0 Å². The highest BCUT2D eigenvalue weighted by Gasteiger charge is 2.18. The molecular weight excluding hydrogens is 298 g/mol. The van der Waals surface area contributed by atoms with Crippen molar-refractivity contribution >= 4 is 29.5 Å². The van der Waals surface area contributed by atoms with Gasteiger partial charge in [0.1, 0.15) is 12.4 Å². The summed E-state index contributed by atoms with van der Waals surface area (Å²) in [4.78, 5) is 28.5. The number of amides is 1. The molecule has 0 radical (unpaired) electrons. The van der Waals surface area contributed by atoms with E-state index in [0.717, 1.165) is 5.56 Å². The number of nitrogens with one attached hydrogen (secondary N) is 1. The summed E-state index contributed by atoms with van der Waals surface area (Å²) < 4.78 is 9.81. The van der Waals surface area contributed by atoms with Gasteiger partial charge >= 0.3 is 12.1 Å². The maximum Gasteiger partial charge on any atom is 0.416 e. The number of halogens is 1. The summed E-state index contributed by atoms with van der Waals surface area (Å²) in [6.07, 6.45) is 0.975. The minimum absolute atomic E-state index is 0.0169. The smallest absolute Gasteiger partial charge is 0.416 e. The lowest BCUT2D eigenvalue weighted by atomic mass is 10.2. The second kappa shape index (κ2) is 8.43. The number of esters is 1. The van der Waals surface area contributed by atoms with Crippen LogP contribution in [0.25, 0.3) is 0 Å². The van der Waals surface area contributed by atoms with Crippen molar-refractivity contribution in [2.24, 2.45) is 0 Å². The zero-order valence-corrected chi connectivity index (χ0v) is 12.9. The van der Waals surface area contributed by atoms with Crippen molar-refractivity contribution in [3.8, 4) is 0 Å². The van der Waals surface area contributed by atoms with E-state index in [2.05, 4.69) is 10.3 Å². The van der Waals surface area contributed by atoms with Crippen LogP contribution in [0.15, 0.2) is 12.3 Å². The normalized spacial score (nSPS) is 10.1. The van der Waals surface area contributed by atoms with E-state index in [1.165, 1.54) is 11.9 Å². The summed E-state index contributed by atoms with van der Waals surface area (Å²) in [6.45, 7) is 1.98. The molecule has 0 fully saturated rings. The van der Waals surface area contributed by atoms with Crippen LogP contribution in [0.1, 0.15) is 11.1 Å². The van der Waals surface area contributed by atoms with Crippen LogP contribution in [0.2, 0.25) is 0 Å². The SMILES string of the molecule is CNCC(=O)OCc1cc(C)cnc1N(C)C(=O)OCCl. The Bertz CT molecular complexity index is 510. The van der Waals surface area contributed by atoms with Crippen LogP contribution in [0.3, 0.4) is 0 Å². The van der Waals surface area contributed by atoms with Gasteiger partial charge in [0.25, 0.3) is 0 Å². The van der Waals surface area contributed by atoms with E-state index in [1.807, 2.05) is 6.92 Å². The summed E-state index contributed by atoms with van der Waals surface area (Å²) in [7, 11) is 3.16. The maximum absolute atomic E-state index is 11.7. The van der Waals surface area contributed by atoms with Gasteiger partial charge in [-0.2, -0.15) is 0 Å². The van der Waals surface area contributed by atoms with Gasteiger partial charge < -0.3 is 14.8 Å². The number of aromatic nitrogens is 1. The zero-order valence-electron chi connectivity index (χ0n) is 12.2. The Hall–Kier alpha value is -1.86. The highest BCUT2D eigenvalue weighted by molar-refractivity contribution is 6.17. The average Bonchev–Trinajstić information content (AvgIpc) is 2.45. The van der Waals surface area contributed by atoms with Crippen LogP contribution in [-0.2, 0) is 20.9 Å². The Labute approximate surface area is 128 Å². The van der Waals surface area contributed by atoms with Gasteiger partial charge in [0, 0.05) is 18.8 Å². The van der Waals surface area contributed by atoms with E-state index < -0.39 is 12.1 Å². The van der Waals surface area contributed by atoms with Gasteiger partial charge in [-0.05, 0) is 25.6 Å². The van der Waals surface area contributed by atoms with Gasteiger partial charge in [-0.3, -0.25) is 9.69 Å². The standard InChI is InChI=1S/C13H18ClN3O4/c1-9-4-10(7-20-11(18)6-15-2)12(16-5-9)17(3)13(19)21-8-14/h4-5,15H,6-8H2,1-3H3. The fourth-order valence-corrected chi connectivity index (χ4v) is 1.71. The van der Waals surface area contributed by atoms with Crippen molar-refractivity contribution in [3.63, 3.8) is 0 Å². The van der Waals surface area contributed by atoms with E-state index in [1.54, 1.807) is 19.3 Å². The van der Waals surface area contributed by atoms with Gasteiger partial charge in [0.05, 0.1) is 6.54 Å². The van der Waals surface area contributed by atoms with Gasteiger partial charge in [0.15, 0.2) is 6.07 Å². The molecule has 0 atom stereocenters. The van der Waals surface area contributed by atoms with Crippen molar-refractivity contribution < 1.29 is 19.1 Å². The molecule has 8 heteroatoms. The lowest BCUT2D eigenvalue weighted by molar-refractivity contribution is -0.143. The highest BCUT2D eigenvalue weighted by atomic mass is 35.5. The topological polar surface area (TPSA) is 80.8 Å². The second-order valence-electron chi connectivity index (χ2n) is 4.26. The first-order valence-electron chi connectivity index (χ1n) is 6.21. The monoisotopic (exact) mass is 315 g/mol. The molecule has 0 aromatic carbocycles. The minimum atomic E-state index is -0.635. The third-order valence-electron chi connectivity index (χ3n) is 2.56. The predicted molar refractivity (Wildman–Crippen MR) is 78.3 cm³/mol. The van der Waals surface area contributed by atoms with Crippen LogP contribution in [0.5, 0.6) is 0 Å². The van der Waals surface area contributed by atoms with Gasteiger partial charge in [0.2, 0.25) is 0 Å². The van der Waals surface area contributed by atoms with Crippen molar-refractivity contribution in [3.05, 3.63) is 23.4 Å². The van der Waals surface area contributed by atoms with Crippen LogP contribution in [-0.4, -0.2) is 43.8 Å². The summed E-state index contributed by atoms with van der Waals surface area (Å²) in [5.41, 5.74) is 1.49. The van der Waals surface area contributed by atoms with Crippen LogP contribution < -0.4 is 10.2 Å². The van der Waals surface area contributed by atoms with E-state index in [9.17, 15) is 9.59 Å². The summed E-state index contributed by atoms with van der Waals surface area (Å²) >= 11 is 5.36. The molecule has 1 aromatic heterocycles. The Kier molecular flexibility index (Phi) is 6.90. The first-order valence-corrected chi connectivity index (χ1v) is 6.75. The maximum atomic E-state index is 11.7. The summed E-state index contributed by atoms with van der Waals surface area (Å²) in [5.74, 6) is -0.0380. The Morgan fingerprint density at radius 2 is 2.14 bits per heavy atom. The molecule has 1 heterocycles. The van der Waals surface area contributed by atoms with E-state index >= 15 is 0 Å². The minimum Gasteiger partial charge on any atom is -0.460 e. The third kappa shape index (κ3) is 5.20. The fraction of sp³-hybridized carbons (Fsp3) is 0.462. The molecule has 0 spiro atoms.